The largest absolute Gasteiger partial charge is 0.292 e. The first kappa shape index (κ1) is 15.2. The molecule has 7 heteroatoms. The first-order chi connectivity index (χ1) is 7.79. The molecule has 17 heavy (non-hydrogen) atoms. The first-order valence-corrected chi connectivity index (χ1v) is 8.36. The summed E-state index contributed by atoms with van der Waals surface area (Å²) in [7, 11) is -3.43. The maximum absolute atomic E-state index is 12.0. The van der Waals surface area contributed by atoms with Crippen LogP contribution in [0.25, 0.3) is 0 Å². The number of rotatable bonds is 4. The SMILES string of the molecule is CCS(=O)(=O)C(I)C(=O)c1ccc(Cl)cc1Cl. The van der Waals surface area contributed by atoms with Gasteiger partial charge in [-0.15, -0.1) is 0 Å². The summed E-state index contributed by atoms with van der Waals surface area (Å²) in [4.78, 5) is 12.0. The minimum Gasteiger partial charge on any atom is -0.292 e. The quantitative estimate of drug-likeness (QED) is 0.437. The van der Waals surface area contributed by atoms with Crippen molar-refractivity contribution >= 4 is 61.4 Å². The zero-order valence-corrected chi connectivity index (χ0v) is 13.3. The Kier molecular flexibility index (Phi) is 5.24. The number of hydrogen-bond acceptors (Lipinski definition) is 3. The summed E-state index contributed by atoms with van der Waals surface area (Å²) < 4.78 is 22.1. The molecule has 3 nitrogen and oxygen atoms in total. The Morgan fingerprint density at radius 3 is 2.47 bits per heavy atom. The molecule has 0 aliphatic heterocycles. The van der Waals surface area contributed by atoms with Gasteiger partial charge in [0.15, 0.2) is 18.9 Å². The van der Waals surface area contributed by atoms with Crippen molar-refractivity contribution < 1.29 is 13.2 Å². The van der Waals surface area contributed by atoms with Gasteiger partial charge < -0.3 is 0 Å². The van der Waals surface area contributed by atoms with Gasteiger partial charge in [-0.25, -0.2) is 8.42 Å². The molecule has 0 aromatic heterocycles. The van der Waals surface area contributed by atoms with Crippen LogP contribution in [0.4, 0.5) is 0 Å². The second kappa shape index (κ2) is 5.86. The summed E-state index contributed by atoms with van der Waals surface area (Å²) in [5, 5.41) is 0.561. The second-order valence-corrected chi connectivity index (χ2v) is 8.56. The van der Waals surface area contributed by atoms with E-state index in [0.717, 1.165) is 0 Å². The summed E-state index contributed by atoms with van der Waals surface area (Å²) in [6.07, 6.45) is 0. The third-order valence-electron chi connectivity index (χ3n) is 2.12. The molecule has 0 aliphatic rings. The van der Waals surface area contributed by atoms with Crippen molar-refractivity contribution in [2.45, 2.75) is 10.2 Å². The van der Waals surface area contributed by atoms with Crippen molar-refractivity contribution in [3.63, 3.8) is 0 Å². The molecule has 0 heterocycles. The van der Waals surface area contributed by atoms with Gasteiger partial charge in [0, 0.05) is 16.3 Å². The molecule has 1 atom stereocenters. The number of ketones is 1. The van der Waals surface area contributed by atoms with Gasteiger partial charge in [-0.05, 0) is 18.2 Å². The first-order valence-electron chi connectivity index (χ1n) is 4.64. The number of alkyl halides is 1. The summed E-state index contributed by atoms with van der Waals surface area (Å²) >= 11 is 13.2. The van der Waals surface area contributed by atoms with E-state index in [1.165, 1.54) is 25.1 Å². The molecule has 0 bridgehead atoms. The van der Waals surface area contributed by atoms with Crippen LogP contribution in [0, 0.1) is 0 Å². The number of carbonyl (C=O) groups excluding carboxylic acids is 1. The summed E-state index contributed by atoms with van der Waals surface area (Å²) in [5.41, 5.74) is 0.174. The van der Waals surface area contributed by atoms with Crippen LogP contribution in [0.3, 0.4) is 0 Å². The second-order valence-electron chi connectivity index (χ2n) is 3.26. The molecule has 0 saturated heterocycles. The smallest absolute Gasteiger partial charge is 0.192 e. The van der Waals surface area contributed by atoms with E-state index in [1.807, 2.05) is 0 Å². The van der Waals surface area contributed by atoms with E-state index in [-0.39, 0.29) is 16.3 Å². The molecule has 1 aromatic carbocycles. The summed E-state index contributed by atoms with van der Waals surface area (Å²) in [6.45, 7) is 1.50. The van der Waals surface area contributed by atoms with Gasteiger partial charge in [-0.1, -0.05) is 52.7 Å². The molecule has 0 amide bonds. The molecular formula is C10H9Cl2IO3S. The lowest BCUT2D eigenvalue weighted by Crippen LogP contribution is -2.26. The molecule has 0 spiro atoms. The lowest BCUT2D eigenvalue weighted by Gasteiger charge is -2.10. The normalized spacial score (nSPS) is 13.4. The van der Waals surface area contributed by atoms with Crippen LogP contribution < -0.4 is 0 Å². The minimum absolute atomic E-state index is 0.0858. The summed E-state index contributed by atoms with van der Waals surface area (Å²) in [6, 6.07) is 4.35. The lowest BCUT2D eigenvalue weighted by atomic mass is 10.1. The van der Waals surface area contributed by atoms with Gasteiger partial charge in [0.2, 0.25) is 0 Å². The third-order valence-corrected chi connectivity index (χ3v) is 7.21. The Balaban J connectivity index is 3.14. The van der Waals surface area contributed by atoms with Crippen LogP contribution in [0.1, 0.15) is 17.3 Å². The number of Topliss-reactive ketones (excluding diaryl/α,β-unsaturated/α-hetero) is 1. The fourth-order valence-electron chi connectivity index (χ4n) is 1.12. The molecule has 0 saturated carbocycles. The highest BCUT2D eigenvalue weighted by Crippen LogP contribution is 2.25. The number of hydrogen-bond donors (Lipinski definition) is 0. The molecule has 94 valence electrons. The van der Waals surface area contributed by atoms with E-state index in [0.29, 0.717) is 5.02 Å². The van der Waals surface area contributed by atoms with Crippen LogP contribution in [0.5, 0.6) is 0 Å². The average Bonchev–Trinajstić information content (AvgIpc) is 2.27. The molecular weight excluding hydrogens is 398 g/mol. The van der Waals surface area contributed by atoms with Crippen molar-refractivity contribution in [3.8, 4) is 0 Å². The highest BCUT2D eigenvalue weighted by Gasteiger charge is 2.30. The Labute approximate surface area is 124 Å². The van der Waals surface area contributed by atoms with E-state index >= 15 is 0 Å². The predicted molar refractivity (Wildman–Crippen MR) is 78.1 cm³/mol. The molecule has 0 aliphatic carbocycles. The zero-order valence-electron chi connectivity index (χ0n) is 8.78. The Morgan fingerprint density at radius 2 is 2.00 bits per heavy atom. The molecule has 1 aromatic rings. The van der Waals surface area contributed by atoms with Crippen molar-refractivity contribution in [2.75, 3.05) is 5.75 Å². The van der Waals surface area contributed by atoms with Crippen molar-refractivity contribution in [1.82, 2.24) is 0 Å². The van der Waals surface area contributed by atoms with Crippen LogP contribution in [-0.4, -0.2) is 23.2 Å². The highest BCUT2D eigenvalue weighted by atomic mass is 127. The lowest BCUT2D eigenvalue weighted by molar-refractivity contribution is 0.101. The zero-order chi connectivity index (χ0) is 13.2. The summed E-state index contributed by atoms with van der Waals surface area (Å²) in [5.74, 6) is -0.605. The standard InChI is InChI=1S/C10H9Cl2IO3S/c1-2-17(15,16)10(13)9(14)7-4-3-6(11)5-8(7)12/h3-5,10H,2H2,1H3. The van der Waals surface area contributed by atoms with E-state index in [4.69, 9.17) is 23.2 Å². The minimum atomic E-state index is -3.43. The van der Waals surface area contributed by atoms with Gasteiger partial charge in [0.05, 0.1) is 5.02 Å². The van der Waals surface area contributed by atoms with E-state index in [2.05, 4.69) is 0 Å². The topological polar surface area (TPSA) is 51.2 Å². The predicted octanol–water partition coefficient (Wildman–Crippen LogP) is 3.37. The maximum Gasteiger partial charge on any atom is 0.192 e. The van der Waals surface area contributed by atoms with E-state index in [1.54, 1.807) is 22.6 Å². The molecule has 1 unspecified atom stereocenters. The van der Waals surface area contributed by atoms with E-state index in [9.17, 15) is 13.2 Å². The molecule has 1 rings (SSSR count). The third kappa shape index (κ3) is 3.56. The molecule has 0 radical (unpaired) electrons. The monoisotopic (exact) mass is 406 g/mol. The Morgan fingerprint density at radius 1 is 1.41 bits per heavy atom. The van der Waals surface area contributed by atoms with Crippen LogP contribution in [0.15, 0.2) is 18.2 Å². The van der Waals surface area contributed by atoms with Gasteiger partial charge in [-0.2, -0.15) is 0 Å². The van der Waals surface area contributed by atoms with Crippen molar-refractivity contribution in [3.05, 3.63) is 33.8 Å². The fraction of sp³-hybridized carbons (Fsp3) is 0.300. The Bertz CT molecular complexity index is 542. The van der Waals surface area contributed by atoms with Gasteiger partial charge in [0.1, 0.15) is 0 Å². The highest BCUT2D eigenvalue weighted by molar-refractivity contribution is 14.1. The fourth-order valence-corrected chi connectivity index (χ4v) is 3.78. The van der Waals surface area contributed by atoms with Crippen molar-refractivity contribution in [1.29, 1.82) is 0 Å². The van der Waals surface area contributed by atoms with E-state index < -0.39 is 18.9 Å². The number of carbonyl (C=O) groups is 1. The number of sulfone groups is 1. The van der Waals surface area contributed by atoms with Crippen molar-refractivity contribution in [2.24, 2.45) is 0 Å². The number of halogens is 3. The van der Waals surface area contributed by atoms with Crippen LogP contribution in [-0.2, 0) is 9.84 Å². The number of benzene rings is 1. The van der Waals surface area contributed by atoms with Gasteiger partial charge in [-0.3, -0.25) is 4.79 Å². The van der Waals surface area contributed by atoms with Gasteiger partial charge >= 0.3 is 0 Å². The molecule has 0 fully saturated rings. The molecule has 0 N–H and O–H groups in total. The van der Waals surface area contributed by atoms with Crippen LogP contribution >= 0.6 is 45.8 Å². The maximum atomic E-state index is 12.0. The van der Waals surface area contributed by atoms with Crippen LogP contribution in [0.2, 0.25) is 10.0 Å². The van der Waals surface area contributed by atoms with Gasteiger partial charge in [0.25, 0.3) is 0 Å². The average molecular weight is 407 g/mol. The Hall–Kier alpha value is 0.150.